The van der Waals surface area contributed by atoms with Gasteiger partial charge in [-0.2, -0.15) is 0 Å². The molecule has 1 aromatic rings. The first kappa shape index (κ1) is 16.5. The fourth-order valence-corrected chi connectivity index (χ4v) is 1.71. The minimum Gasteiger partial charge on any atom is -0.484 e. The van der Waals surface area contributed by atoms with Gasteiger partial charge < -0.3 is 15.0 Å². The Balaban J connectivity index is 2.40. The highest BCUT2D eigenvalue weighted by Gasteiger charge is 2.07. The van der Waals surface area contributed by atoms with Gasteiger partial charge in [-0.1, -0.05) is 12.1 Å². The molecule has 0 fully saturated rings. The number of hydrogen-bond acceptors (Lipinski definition) is 3. The van der Waals surface area contributed by atoms with Crippen LogP contribution in [0.2, 0.25) is 0 Å². The summed E-state index contributed by atoms with van der Waals surface area (Å²) in [4.78, 5) is 13.3. The molecular weight excluding hydrogens is 252 g/mol. The van der Waals surface area contributed by atoms with Gasteiger partial charge in [-0.25, -0.2) is 0 Å². The Morgan fingerprint density at radius 1 is 1.35 bits per heavy atom. The van der Waals surface area contributed by atoms with E-state index in [4.69, 9.17) is 4.74 Å². The fraction of sp³-hybridized carbons (Fsp3) is 0.562. The van der Waals surface area contributed by atoms with Gasteiger partial charge in [0.2, 0.25) is 0 Å². The van der Waals surface area contributed by atoms with E-state index in [0.29, 0.717) is 12.6 Å². The van der Waals surface area contributed by atoms with Crippen LogP contribution in [0.5, 0.6) is 5.75 Å². The molecule has 0 heterocycles. The molecule has 0 spiro atoms. The van der Waals surface area contributed by atoms with Crippen molar-refractivity contribution in [2.24, 2.45) is 0 Å². The van der Waals surface area contributed by atoms with Crippen molar-refractivity contribution in [2.45, 2.75) is 32.7 Å². The quantitative estimate of drug-likeness (QED) is 0.791. The number of carbonyl (C=O) groups is 1. The first-order valence-corrected chi connectivity index (χ1v) is 7.19. The predicted molar refractivity (Wildman–Crippen MR) is 82.1 cm³/mol. The summed E-state index contributed by atoms with van der Waals surface area (Å²) in [6.07, 6.45) is 2.15. The first-order chi connectivity index (χ1) is 9.56. The van der Waals surface area contributed by atoms with Gasteiger partial charge in [0.1, 0.15) is 5.75 Å². The summed E-state index contributed by atoms with van der Waals surface area (Å²) in [6.45, 7) is 4.91. The summed E-state index contributed by atoms with van der Waals surface area (Å²) in [5, 5.41) is 3.23. The van der Waals surface area contributed by atoms with Gasteiger partial charge in [0.05, 0.1) is 0 Å². The van der Waals surface area contributed by atoms with E-state index in [1.165, 1.54) is 5.56 Å². The van der Waals surface area contributed by atoms with Crippen LogP contribution in [0.4, 0.5) is 0 Å². The summed E-state index contributed by atoms with van der Waals surface area (Å²) in [7, 11) is 3.75. The molecule has 0 bridgehead atoms. The Morgan fingerprint density at radius 2 is 2.00 bits per heavy atom. The lowest BCUT2D eigenvalue weighted by Crippen LogP contribution is -2.31. The van der Waals surface area contributed by atoms with E-state index >= 15 is 0 Å². The van der Waals surface area contributed by atoms with Gasteiger partial charge in [-0.15, -0.1) is 0 Å². The average Bonchev–Trinajstić information content (AvgIpc) is 2.50. The van der Waals surface area contributed by atoms with E-state index in [1.54, 1.807) is 11.9 Å². The number of nitrogens with one attached hydrogen (secondary N) is 1. The number of rotatable bonds is 8. The molecule has 112 valence electrons. The number of likely N-dealkylation sites (N-methyl/N-ethyl adjacent to an activating group) is 1. The summed E-state index contributed by atoms with van der Waals surface area (Å²) >= 11 is 0. The molecule has 1 atom stereocenters. The topological polar surface area (TPSA) is 41.6 Å². The van der Waals surface area contributed by atoms with Gasteiger partial charge in [0.15, 0.2) is 6.61 Å². The van der Waals surface area contributed by atoms with Crippen molar-refractivity contribution >= 4 is 5.91 Å². The molecule has 1 amide bonds. The minimum atomic E-state index is -0.000536. The van der Waals surface area contributed by atoms with Gasteiger partial charge in [0.25, 0.3) is 5.91 Å². The molecule has 0 radical (unpaired) electrons. The average molecular weight is 278 g/mol. The van der Waals surface area contributed by atoms with Crippen LogP contribution in [0.1, 0.15) is 25.8 Å². The van der Waals surface area contributed by atoms with E-state index in [0.717, 1.165) is 18.6 Å². The van der Waals surface area contributed by atoms with Crippen molar-refractivity contribution in [1.29, 1.82) is 0 Å². The number of benzene rings is 1. The summed E-state index contributed by atoms with van der Waals surface area (Å²) in [5.74, 6) is 0.743. The Labute approximate surface area is 122 Å². The number of nitrogens with zero attached hydrogens (tertiary/aromatic N) is 1. The van der Waals surface area contributed by atoms with Gasteiger partial charge >= 0.3 is 0 Å². The summed E-state index contributed by atoms with van der Waals surface area (Å²) < 4.78 is 5.49. The SMILES string of the molecule is CCN(C)C(=O)COc1ccc(CCC(C)NC)cc1. The van der Waals surface area contributed by atoms with E-state index in [-0.39, 0.29) is 12.5 Å². The Bertz CT molecular complexity index is 403. The number of amides is 1. The second-order valence-electron chi connectivity index (χ2n) is 5.07. The zero-order valence-corrected chi connectivity index (χ0v) is 13.0. The molecule has 1 unspecified atom stereocenters. The molecule has 1 aromatic carbocycles. The van der Waals surface area contributed by atoms with E-state index in [1.807, 2.05) is 26.1 Å². The highest BCUT2D eigenvalue weighted by atomic mass is 16.5. The maximum absolute atomic E-state index is 11.6. The molecule has 4 nitrogen and oxygen atoms in total. The van der Waals surface area contributed by atoms with Crippen LogP contribution >= 0.6 is 0 Å². The molecule has 0 aliphatic heterocycles. The van der Waals surface area contributed by atoms with Crippen LogP contribution < -0.4 is 10.1 Å². The molecule has 0 aliphatic carbocycles. The third-order valence-electron chi connectivity index (χ3n) is 3.54. The van der Waals surface area contributed by atoms with Crippen molar-refractivity contribution in [3.05, 3.63) is 29.8 Å². The predicted octanol–water partition coefficient (Wildman–Crippen LogP) is 2.08. The van der Waals surface area contributed by atoms with Crippen LogP contribution in [-0.2, 0) is 11.2 Å². The third kappa shape index (κ3) is 5.61. The number of aryl methyl sites for hydroxylation is 1. The van der Waals surface area contributed by atoms with E-state index < -0.39 is 0 Å². The van der Waals surface area contributed by atoms with Crippen LogP contribution in [-0.4, -0.2) is 44.1 Å². The Morgan fingerprint density at radius 3 is 2.55 bits per heavy atom. The number of hydrogen-bond donors (Lipinski definition) is 1. The van der Waals surface area contributed by atoms with Crippen LogP contribution in [0.3, 0.4) is 0 Å². The molecule has 1 rings (SSSR count). The summed E-state index contributed by atoms with van der Waals surface area (Å²) in [5.41, 5.74) is 1.29. The molecule has 0 saturated heterocycles. The van der Waals surface area contributed by atoms with Crippen molar-refractivity contribution in [1.82, 2.24) is 10.2 Å². The highest BCUT2D eigenvalue weighted by molar-refractivity contribution is 5.77. The lowest BCUT2D eigenvalue weighted by atomic mass is 10.1. The van der Waals surface area contributed by atoms with E-state index in [2.05, 4.69) is 24.4 Å². The fourth-order valence-electron chi connectivity index (χ4n) is 1.71. The zero-order chi connectivity index (χ0) is 15.0. The van der Waals surface area contributed by atoms with Crippen LogP contribution in [0.15, 0.2) is 24.3 Å². The monoisotopic (exact) mass is 278 g/mol. The molecule has 1 N–H and O–H groups in total. The lowest BCUT2D eigenvalue weighted by molar-refractivity contribution is -0.131. The Hall–Kier alpha value is -1.55. The molecular formula is C16H26N2O2. The molecule has 4 heteroatoms. The second-order valence-corrected chi connectivity index (χ2v) is 5.07. The number of ether oxygens (including phenoxy) is 1. The second kappa shape index (κ2) is 8.59. The van der Waals surface area contributed by atoms with Gasteiger partial charge in [-0.05, 0) is 51.4 Å². The van der Waals surface area contributed by atoms with Crippen molar-refractivity contribution in [2.75, 3.05) is 27.2 Å². The standard InChI is InChI=1S/C16H26N2O2/c1-5-18(4)16(19)12-20-15-10-8-14(9-11-15)7-6-13(2)17-3/h8-11,13,17H,5-7,12H2,1-4H3. The highest BCUT2D eigenvalue weighted by Crippen LogP contribution is 2.14. The summed E-state index contributed by atoms with van der Waals surface area (Å²) in [6, 6.07) is 8.50. The third-order valence-corrected chi connectivity index (χ3v) is 3.54. The molecule has 0 aromatic heterocycles. The molecule has 0 aliphatic rings. The van der Waals surface area contributed by atoms with Gasteiger partial charge in [0, 0.05) is 19.6 Å². The van der Waals surface area contributed by atoms with Crippen molar-refractivity contribution < 1.29 is 9.53 Å². The largest absolute Gasteiger partial charge is 0.484 e. The van der Waals surface area contributed by atoms with Gasteiger partial charge in [-0.3, -0.25) is 4.79 Å². The maximum atomic E-state index is 11.6. The first-order valence-electron chi connectivity index (χ1n) is 7.19. The van der Waals surface area contributed by atoms with E-state index in [9.17, 15) is 4.79 Å². The van der Waals surface area contributed by atoms with Crippen molar-refractivity contribution in [3.8, 4) is 5.75 Å². The minimum absolute atomic E-state index is 0.000536. The maximum Gasteiger partial charge on any atom is 0.260 e. The lowest BCUT2D eigenvalue weighted by Gasteiger charge is -2.15. The van der Waals surface area contributed by atoms with Crippen LogP contribution in [0, 0.1) is 0 Å². The van der Waals surface area contributed by atoms with Crippen LogP contribution in [0.25, 0.3) is 0 Å². The number of carbonyl (C=O) groups excluding carboxylic acids is 1. The zero-order valence-electron chi connectivity index (χ0n) is 13.0. The molecule has 0 saturated carbocycles. The Kier molecular flexibility index (Phi) is 7.09. The normalized spacial score (nSPS) is 12.0. The smallest absolute Gasteiger partial charge is 0.260 e. The van der Waals surface area contributed by atoms with Crippen molar-refractivity contribution in [3.63, 3.8) is 0 Å². The molecule has 20 heavy (non-hydrogen) atoms.